The summed E-state index contributed by atoms with van der Waals surface area (Å²) in [6.07, 6.45) is 8.63. The average Bonchev–Trinajstić information content (AvgIpc) is 2.91. The summed E-state index contributed by atoms with van der Waals surface area (Å²) in [5.41, 5.74) is 1.07. The van der Waals surface area contributed by atoms with Crippen LogP contribution in [0.1, 0.15) is 44.7 Å². The number of nitrogens with zero attached hydrogens (tertiary/aromatic N) is 1. The van der Waals surface area contributed by atoms with Crippen LogP contribution in [0.25, 0.3) is 0 Å². The number of ether oxygens (including phenoxy) is 1. The molecule has 1 heterocycles. The Morgan fingerprint density at radius 3 is 2.83 bits per heavy atom. The first-order chi connectivity index (χ1) is 8.88. The van der Waals surface area contributed by atoms with E-state index in [1.54, 1.807) is 0 Å². The van der Waals surface area contributed by atoms with Crippen LogP contribution < -0.4 is 10.1 Å². The highest BCUT2D eigenvalue weighted by Crippen LogP contribution is 2.27. The van der Waals surface area contributed by atoms with Gasteiger partial charge in [-0.1, -0.05) is 32.6 Å². The minimum absolute atomic E-state index is 0.832. The second-order valence-electron chi connectivity index (χ2n) is 5.05. The van der Waals surface area contributed by atoms with Crippen LogP contribution in [0, 0.1) is 5.92 Å². The molecule has 3 nitrogen and oxygen atoms in total. The Morgan fingerprint density at radius 2 is 2.17 bits per heavy atom. The van der Waals surface area contributed by atoms with E-state index in [4.69, 9.17) is 4.74 Å². The summed E-state index contributed by atoms with van der Waals surface area (Å²) in [6, 6.07) is 4.06. The largest absolute Gasteiger partial charge is 0.492 e. The van der Waals surface area contributed by atoms with Gasteiger partial charge in [-0.25, -0.2) is 0 Å². The van der Waals surface area contributed by atoms with Crippen LogP contribution in [-0.2, 0) is 6.54 Å². The molecule has 1 aromatic heterocycles. The van der Waals surface area contributed by atoms with Gasteiger partial charge in [-0.05, 0) is 31.0 Å². The van der Waals surface area contributed by atoms with Crippen LogP contribution in [0.3, 0.4) is 0 Å². The summed E-state index contributed by atoms with van der Waals surface area (Å²) in [6.45, 7) is 4.74. The van der Waals surface area contributed by atoms with Gasteiger partial charge >= 0.3 is 0 Å². The van der Waals surface area contributed by atoms with E-state index in [-0.39, 0.29) is 0 Å². The first-order valence-corrected chi connectivity index (χ1v) is 7.17. The highest BCUT2D eigenvalue weighted by atomic mass is 16.5. The number of hydrogen-bond acceptors (Lipinski definition) is 3. The summed E-state index contributed by atoms with van der Waals surface area (Å²) in [5, 5.41) is 3.26. The van der Waals surface area contributed by atoms with E-state index < -0.39 is 0 Å². The number of hydrogen-bond donors (Lipinski definition) is 1. The van der Waals surface area contributed by atoms with Crippen LogP contribution in [0.5, 0.6) is 5.75 Å². The molecule has 1 saturated carbocycles. The molecule has 18 heavy (non-hydrogen) atoms. The highest BCUT2D eigenvalue weighted by molar-refractivity contribution is 5.19. The predicted molar refractivity (Wildman–Crippen MR) is 73.7 cm³/mol. The summed E-state index contributed by atoms with van der Waals surface area (Å²) >= 11 is 0. The topological polar surface area (TPSA) is 34.1 Å². The molecule has 0 unspecified atom stereocenters. The zero-order chi connectivity index (χ0) is 12.6. The number of rotatable bonds is 7. The lowest BCUT2D eigenvalue weighted by atomic mass is 10.1. The van der Waals surface area contributed by atoms with E-state index >= 15 is 0 Å². The number of nitrogens with one attached hydrogen (secondary N) is 1. The summed E-state index contributed by atoms with van der Waals surface area (Å²) in [4.78, 5) is 4.38. The molecule has 1 N–H and O–H groups in total. The maximum Gasteiger partial charge on any atom is 0.137 e. The molecule has 0 spiro atoms. The van der Waals surface area contributed by atoms with Crippen molar-refractivity contribution in [3.8, 4) is 5.75 Å². The van der Waals surface area contributed by atoms with Crippen molar-refractivity contribution in [2.45, 2.75) is 45.6 Å². The van der Waals surface area contributed by atoms with Gasteiger partial charge < -0.3 is 10.1 Å². The molecule has 0 saturated heterocycles. The monoisotopic (exact) mass is 248 g/mol. The Labute approximate surface area is 110 Å². The fourth-order valence-corrected chi connectivity index (χ4v) is 2.50. The van der Waals surface area contributed by atoms with E-state index in [0.717, 1.165) is 37.1 Å². The Balaban J connectivity index is 1.68. The molecule has 0 aromatic carbocycles. The lowest BCUT2D eigenvalue weighted by Crippen LogP contribution is -2.12. The number of aromatic nitrogens is 1. The summed E-state index contributed by atoms with van der Waals surface area (Å²) in [5.74, 6) is 1.79. The fourth-order valence-electron chi connectivity index (χ4n) is 2.50. The number of pyridine rings is 1. The van der Waals surface area contributed by atoms with Gasteiger partial charge in [0.05, 0.1) is 18.5 Å². The SMILES string of the molecule is CCNCc1ccc(OCCC2CCCC2)cn1. The van der Waals surface area contributed by atoms with Crippen molar-refractivity contribution in [3.63, 3.8) is 0 Å². The molecular weight excluding hydrogens is 224 g/mol. The van der Waals surface area contributed by atoms with Gasteiger partial charge in [0, 0.05) is 6.54 Å². The van der Waals surface area contributed by atoms with Crippen LogP contribution in [0.15, 0.2) is 18.3 Å². The highest BCUT2D eigenvalue weighted by Gasteiger charge is 2.14. The van der Waals surface area contributed by atoms with Gasteiger partial charge in [-0.3, -0.25) is 4.98 Å². The molecule has 0 radical (unpaired) electrons. The Hall–Kier alpha value is -1.09. The van der Waals surface area contributed by atoms with Gasteiger partial charge in [0.25, 0.3) is 0 Å². The first-order valence-electron chi connectivity index (χ1n) is 7.17. The van der Waals surface area contributed by atoms with Crippen molar-refractivity contribution in [1.82, 2.24) is 10.3 Å². The molecule has 1 aromatic rings. The minimum Gasteiger partial charge on any atom is -0.492 e. The smallest absolute Gasteiger partial charge is 0.137 e. The Morgan fingerprint density at radius 1 is 1.33 bits per heavy atom. The molecule has 1 aliphatic rings. The van der Waals surface area contributed by atoms with Gasteiger partial charge in [0.1, 0.15) is 5.75 Å². The van der Waals surface area contributed by atoms with Gasteiger partial charge in [-0.15, -0.1) is 0 Å². The molecule has 100 valence electrons. The van der Waals surface area contributed by atoms with E-state index in [1.807, 2.05) is 18.3 Å². The second kappa shape index (κ2) is 7.37. The van der Waals surface area contributed by atoms with E-state index in [1.165, 1.54) is 32.1 Å². The third kappa shape index (κ3) is 4.30. The molecule has 0 bridgehead atoms. The predicted octanol–water partition coefficient (Wildman–Crippen LogP) is 3.15. The van der Waals surface area contributed by atoms with Crippen LogP contribution in [0.2, 0.25) is 0 Å². The van der Waals surface area contributed by atoms with Crippen molar-refractivity contribution >= 4 is 0 Å². The van der Waals surface area contributed by atoms with Gasteiger partial charge in [0.15, 0.2) is 0 Å². The molecule has 1 aliphatic carbocycles. The van der Waals surface area contributed by atoms with Crippen LogP contribution in [0.4, 0.5) is 0 Å². The van der Waals surface area contributed by atoms with E-state index in [2.05, 4.69) is 17.2 Å². The molecule has 3 heteroatoms. The third-order valence-corrected chi connectivity index (χ3v) is 3.62. The first kappa shape index (κ1) is 13.3. The molecule has 2 rings (SSSR count). The Kier molecular flexibility index (Phi) is 5.46. The lowest BCUT2D eigenvalue weighted by molar-refractivity contribution is 0.278. The van der Waals surface area contributed by atoms with Crippen molar-refractivity contribution in [1.29, 1.82) is 0 Å². The summed E-state index contributed by atoms with van der Waals surface area (Å²) in [7, 11) is 0. The molecule has 0 amide bonds. The maximum absolute atomic E-state index is 5.74. The summed E-state index contributed by atoms with van der Waals surface area (Å²) < 4.78 is 5.74. The van der Waals surface area contributed by atoms with E-state index in [0.29, 0.717) is 0 Å². The van der Waals surface area contributed by atoms with Crippen LogP contribution >= 0.6 is 0 Å². The van der Waals surface area contributed by atoms with Crippen LogP contribution in [-0.4, -0.2) is 18.1 Å². The second-order valence-corrected chi connectivity index (χ2v) is 5.05. The molecule has 1 fully saturated rings. The van der Waals surface area contributed by atoms with Crippen molar-refractivity contribution in [3.05, 3.63) is 24.0 Å². The average molecular weight is 248 g/mol. The zero-order valence-corrected chi connectivity index (χ0v) is 11.3. The standard InChI is InChI=1S/C15H24N2O/c1-2-16-11-14-7-8-15(12-17-14)18-10-9-13-5-3-4-6-13/h7-8,12-13,16H,2-6,9-11H2,1H3. The molecule has 0 aliphatic heterocycles. The fraction of sp³-hybridized carbons (Fsp3) is 0.667. The molecule has 0 atom stereocenters. The Bertz CT molecular complexity index is 331. The van der Waals surface area contributed by atoms with Crippen molar-refractivity contribution in [2.24, 2.45) is 5.92 Å². The maximum atomic E-state index is 5.74. The van der Waals surface area contributed by atoms with Gasteiger partial charge in [0.2, 0.25) is 0 Å². The quantitative estimate of drug-likeness (QED) is 0.805. The van der Waals surface area contributed by atoms with E-state index in [9.17, 15) is 0 Å². The van der Waals surface area contributed by atoms with Gasteiger partial charge in [-0.2, -0.15) is 0 Å². The van der Waals surface area contributed by atoms with Crippen molar-refractivity contribution in [2.75, 3.05) is 13.2 Å². The van der Waals surface area contributed by atoms with Crippen molar-refractivity contribution < 1.29 is 4.74 Å². The zero-order valence-electron chi connectivity index (χ0n) is 11.3. The minimum atomic E-state index is 0.832. The lowest BCUT2D eigenvalue weighted by Gasteiger charge is -2.10. The third-order valence-electron chi connectivity index (χ3n) is 3.62. The normalized spacial score (nSPS) is 16.1. The molecular formula is C15H24N2O.